The lowest BCUT2D eigenvalue weighted by Gasteiger charge is -2.31. The smallest absolute Gasteiger partial charge is 0.243 e. The molecular formula is C21H34N4O4S. The topological polar surface area (TPSA) is 82.2 Å². The first-order chi connectivity index (χ1) is 14.5. The number of rotatable bonds is 9. The normalized spacial score (nSPS) is 18.5. The van der Waals surface area contributed by atoms with Crippen molar-refractivity contribution in [3.63, 3.8) is 0 Å². The van der Waals surface area contributed by atoms with Crippen LogP contribution in [0.1, 0.15) is 25.7 Å². The standard InChI is InChI=1S/C21H34N4O4S/c1-29-19-5-7-20(8-6-19)30(27,28)25(18-17-23-12-3-2-4-13-23)14-9-21(26)24-15-10-22-11-16-24/h5-8,22H,2-4,9-18H2,1H3. The minimum Gasteiger partial charge on any atom is -0.497 e. The molecule has 1 aromatic carbocycles. The Morgan fingerprint density at radius 1 is 1.03 bits per heavy atom. The second kappa shape index (κ2) is 11.1. The summed E-state index contributed by atoms with van der Waals surface area (Å²) in [5.74, 6) is 0.632. The average molecular weight is 439 g/mol. The summed E-state index contributed by atoms with van der Waals surface area (Å²) in [4.78, 5) is 17.0. The highest BCUT2D eigenvalue weighted by atomic mass is 32.2. The van der Waals surface area contributed by atoms with E-state index in [2.05, 4.69) is 10.2 Å². The van der Waals surface area contributed by atoms with Crippen LogP contribution in [0.3, 0.4) is 0 Å². The van der Waals surface area contributed by atoms with Crippen molar-refractivity contribution in [3.05, 3.63) is 24.3 Å². The average Bonchev–Trinajstić information content (AvgIpc) is 2.80. The molecule has 0 saturated carbocycles. The fourth-order valence-electron chi connectivity index (χ4n) is 3.98. The van der Waals surface area contributed by atoms with Crippen LogP contribution in [0.15, 0.2) is 29.2 Å². The molecule has 3 rings (SSSR count). The number of benzene rings is 1. The van der Waals surface area contributed by atoms with Gasteiger partial charge < -0.3 is 19.9 Å². The van der Waals surface area contributed by atoms with E-state index >= 15 is 0 Å². The van der Waals surface area contributed by atoms with Crippen molar-refractivity contribution in [1.82, 2.24) is 19.4 Å². The largest absolute Gasteiger partial charge is 0.497 e. The van der Waals surface area contributed by atoms with Gasteiger partial charge in [0.1, 0.15) is 5.75 Å². The summed E-state index contributed by atoms with van der Waals surface area (Å²) in [6, 6.07) is 6.45. The zero-order valence-electron chi connectivity index (χ0n) is 17.9. The first-order valence-corrected chi connectivity index (χ1v) is 12.3. The molecule has 0 aliphatic carbocycles. The maximum Gasteiger partial charge on any atom is 0.243 e. The highest BCUT2D eigenvalue weighted by molar-refractivity contribution is 7.89. The second-order valence-corrected chi connectivity index (χ2v) is 9.80. The SMILES string of the molecule is COc1ccc(S(=O)(=O)N(CCC(=O)N2CCNCC2)CCN2CCCCC2)cc1. The molecule has 1 aromatic rings. The Bertz CT molecular complexity index is 773. The maximum atomic E-state index is 13.3. The van der Waals surface area contributed by atoms with Gasteiger partial charge >= 0.3 is 0 Å². The van der Waals surface area contributed by atoms with Crippen LogP contribution < -0.4 is 10.1 Å². The number of hydrogen-bond donors (Lipinski definition) is 1. The van der Waals surface area contributed by atoms with Crippen molar-refractivity contribution in [3.8, 4) is 5.75 Å². The third kappa shape index (κ3) is 6.16. The minimum atomic E-state index is -3.69. The van der Waals surface area contributed by atoms with Crippen LogP contribution >= 0.6 is 0 Å². The number of nitrogens with one attached hydrogen (secondary N) is 1. The number of likely N-dealkylation sites (tertiary alicyclic amines) is 1. The second-order valence-electron chi connectivity index (χ2n) is 7.86. The molecule has 1 N–H and O–H groups in total. The molecular weight excluding hydrogens is 404 g/mol. The number of ether oxygens (including phenoxy) is 1. The number of methoxy groups -OCH3 is 1. The molecule has 0 unspecified atom stereocenters. The zero-order chi connectivity index (χ0) is 21.4. The lowest BCUT2D eigenvalue weighted by Crippen LogP contribution is -2.47. The number of amides is 1. The van der Waals surface area contributed by atoms with Crippen LogP contribution in [0.4, 0.5) is 0 Å². The minimum absolute atomic E-state index is 0.0180. The van der Waals surface area contributed by atoms with Crippen molar-refractivity contribution in [2.45, 2.75) is 30.6 Å². The van der Waals surface area contributed by atoms with Crippen molar-refractivity contribution >= 4 is 15.9 Å². The molecule has 0 spiro atoms. The van der Waals surface area contributed by atoms with Gasteiger partial charge in [0, 0.05) is 52.2 Å². The summed E-state index contributed by atoms with van der Waals surface area (Å²) in [6.45, 7) is 6.23. The molecule has 2 aliphatic heterocycles. The summed E-state index contributed by atoms with van der Waals surface area (Å²) in [5.41, 5.74) is 0. The zero-order valence-corrected chi connectivity index (χ0v) is 18.7. The van der Waals surface area contributed by atoms with Crippen molar-refractivity contribution in [2.24, 2.45) is 0 Å². The highest BCUT2D eigenvalue weighted by Crippen LogP contribution is 2.20. The third-order valence-corrected chi connectivity index (χ3v) is 7.77. The predicted molar refractivity (Wildman–Crippen MR) is 116 cm³/mol. The maximum absolute atomic E-state index is 13.3. The molecule has 0 bridgehead atoms. The van der Waals surface area contributed by atoms with Crippen molar-refractivity contribution in [2.75, 3.05) is 66.0 Å². The van der Waals surface area contributed by atoms with Gasteiger partial charge in [-0.3, -0.25) is 4.79 Å². The molecule has 0 aromatic heterocycles. The summed E-state index contributed by atoms with van der Waals surface area (Å²) < 4.78 is 33.3. The van der Waals surface area contributed by atoms with E-state index in [9.17, 15) is 13.2 Å². The third-order valence-electron chi connectivity index (χ3n) is 5.86. The number of hydrogen-bond acceptors (Lipinski definition) is 6. The van der Waals surface area contributed by atoms with E-state index < -0.39 is 10.0 Å². The molecule has 2 heterocycles. The van der Waals surface area contributed by atoms with Crippen LogP contribution in [0, 0.1) is 0 Å². The molecule has 168 valence electrons. The number of piperazine rings is 1. The molecule has 0 radical (unpaired) electrons. The molecule has 2 aliphatic rings. The van der Waals surface area contributed by atoms with E-state index in [1.165, 1.54) is 10.7 Å². The van der Waals surface area contributed by atoms with Gasteiger partial charge in [0.05, 0.1) is 12.0 Å². The summed E-state index contributed by atoms with van der Waals surface area (Å²) in [6.07, 6.45) is 3.76. The van der Waals surface area contributed by atoms with Gasteiger partial charge in [-0.2, -0.15) is 4.31 Å². The van der Waals surface area contributed by atoms with E-state index in [0.29, 0.717) is 31.9 Å². The number of carbonyl (C=O) groups excluding carboxylic acids is 1. The molecule has 30 heavy (non-hydrogen) atoms. The first-order valence-electron chi connectivity index (χ1n) is 10.9. The number of piperidine rings is 1. The Kier molecular flexibility index (Phi) is 8.50. The van der Waals surface area contributed by atoms with Gasteiger partial charge in [-0.25, -0.2) is 8.42 Å². The van der Waals surface area contributed by atoms with E-state index in [4.69, 9.17) is 4.74 Å². The monoisotopic (exact) mass is 438 g/mol. The Hall–Kier alpha value is -1.68. The Morgan fingerprint density at radius 2 is 1.70 bits per heavy atom. The lowest BCUT2D eigenvalue weighted by molar-refractivity contribution is -0.131. The molecule has 9 heteroatoms. The van der Waals surface area contributed by atoms with Crippen molar-refractivity contribution in [1.29, 1.82) is 0 Å². The number of sulfonamides is 1. The number of carbonyl (C=O) groups is 1. The first kappa shape index (κ1) is 23.0. The van der Waals surface area contributed by atoms with Crippen LogP contribution in [0.25, 0.3) is 0 Å². The van der Waals surface area contributed by atoms with Gasteiger partial charge in [-0.1, -0.05) is 6.42 Å². The predicted octanol–water partition coefficient (Wildman–Crippen LogP) is 0.994. The molecule has 2 saturated heterocycles. The fraction of sp³-hybridized carbons (Fsp3) is 0.667. The Morgan fingerprint density at radius 3 is 2.33 bits per heavy atom. The summed E-state index contributed by atoms with van der Waals surface area (Å²) in [7, 11) is -2.13. The van der Waals surface area contributed by atoms with Crippen LogP contribution in [0.5, 0.6) is 5.75 Å². The van der Waals surface area contributed by atoms with E-state index in [0.717, 1.165) is 39.0 Å². The van der Waals surface area contributed by atoms with E-state index in [1.807, 2.05) is 4.90 Å². The summed E-state index contributed by atoms with van der Waals surface area (Å²) >= 11 is 0. The van der Waals surface area contributed by atoms with Crippen LogP contribution in [-0.2, 0) is 14.8 Å². The van der Waals surface area contributed by atoms with Crippen LogP contribution in [-0.4, -0.2) is 94.4 Å². The van der Waals surface area contributed by atoms with Gasteiger partial charge in [0.25, 0.3) is 0 Å². The molecule has 8 nitrogen and oxygen atoms in total. The van der Waals surface area contributed by atoms with Gasteiger partial charge in [0.2, 0.25) is 15.9 Å². The number of nitrogens with zero attached hydrogens (tertiary/aromatic N) is 3. The molecule has 0 atom stereocenters. The Balaban J connectivity index is 1.68. The van der Waals surface area contributed by atoms with Gasteiger partial charge in [0.15, 0.2) is 0 Å². The van der Waals surface area contributed by atoms with Gasteiger partial charge in [-0.05, 0) is 50.2 Å². The lowest BCUT2D eigenvalue weighted by atomic mass is 10.1. The highest BCUT2D eigenvalue weighted by Gasteiger charge is 2.27. The van der Waals surface area contributed by atoms with Crippen LogP contribution in [0.2, 0.25) is 0 Å². The Labute approximate surface area is 180 Å². The van der Waals surface area contributed by atoms with Gasteiger partial charge in [-0.15, -0.1) is 0 Å². The van der Waals surface area contributed by atoms with Crippen molar-refractivity contribution < 1.29 is 17.9 Å². The van der Waals surface area contributed by atoms with E-state index in [1.54, 1.807) is 31.4 Å². The molecule has 1 amide bonds. The van der Waals surface area contributed by atoms with E-state index in [-0.39, 0.29) is 23.8 Å². The molecule has 2 fully saturated rings. The fourth-order valence-corrected chi connectivity index (χ4v) is 5.41. The summed E-state index contributed by atoms with van der Waals surface area (Å²) in [5, 5.41) is 3.23. The quantitative estimate of drug-likeness (QED) is 0.619.